The third-order valence-corrected chi connectivity index (χ3v) is 1.50. The third-order valence-electron chi connectivity index (χ3n) is 1.50. The van der Waals surface area contributed by atoms with Gasteiger partial charge in [-0.05, 0) is 12.0 Å². The van der Waals surface area contributed by atoms with E-state index in [0.717, 1.165) is 11.9 Å². The van der Waals surface area contributed by atoms with Crippen molar-refractivity contribution >= 4 is 5.69 Å². The number of pyridine rings is 1. The molecule has 11 heavy (non-hydrogen) atoms. The molecule has 2 N–H and O–H groups in total. The Morgan fingerprint density at radius 3 is 2.64 bits per heavy atom. The summed E-state index contributed by atoms with van der Waals surface area (Å²) in [6.07, 6.45) is 1.16. The lowest BCUT2D eigenvalue weighted by molar-refractivity contribution is 0.622. The minimum absolute atomic E-state index is 0.170. The van der Waals surface area contributed by atoms with Crippen molar-refractivity contribution in [3.8, 4) is 0 Å². The second kappa shape index (κ2) is 2.86. The van der Waals surface area contributed by atoms with Gasteiger partial charge in [-0.25, -0.2) is 4.39 Å². The molecule has 0 aliphatic heterocycles. The minimum Gasteiger partial charge on any atom is -0.396 e. The Morgan fingerprint density at radius 2 is 2.18 bits per heavy atom. The molecule has 0 unspecified atom stereocenters. The van der Waals surface area contributed by atoms with Crippen molar-refractivity contribution in [1.82, 2.24) is 4.98 Å². The van der Waals surface area contributed by atoms with Crippen LogP contribution in [-0.2, 0) is 0 Å². The molecule has 0 aromatic carbocycles. The summed E-state index contributed by atoms with van der Waals surface area (Å²) in [7, 11) is 0. The molecule has 0 bridgehead atoms. The molecule has 0 fully saturated rings. The smallest absolute Gasteiger partial charge is 0.164 e. The standard InChI is InChI=1S/C8H11FN2/c1-5(2)8-3-7(10)6(9)4-11-8/h3-5H,1-2H3,(H2,10,11). The summed E-state index contributed by atoms with van der Waals surface area (Å²) >= 11 is 0. The summed E-state index contributed by atoms with van der Waals surface area (Å²) in [5.74, 6) is -0.160. The van der Waals surface area contributed by atoms with E-state index < -0.39 is 5.82 Å². The number of nitrogens with zero attached hydrogens (tertiary/aromatic N) is 1. The first-order valence-corrected chi connectivity index (χ1v) is 3.52. The summed E-state index contributed by atoms with van der Waals surface area (Å²) < 4.78 is 12.6. The number of hydrogen-bond acceptors (Lipinski definition) is 2. The Labute approximate surface area is 65.3 Å². The van der Waals surface area contributed by atoms with Crippen molar-refractivity contribution in [3.05, 3.63) is 23.8 Å². The molecule has 1 rings (SSSR count). The molecule has 0 spiro atoms. The molecule has 1 aromatic rings. The van der Waals surface area contributed by atoms with Gasteiger partial charge >= 0.3 is 0 Å². The number of nitrogen functional groups attached to an aromatic ring is 1. The van der Waals surface area contributed by atoms with Crippen molar-refractivity contribution in [1.29, 1.82) is 0 Å². The molecule has 2 nitrogen and oxygen atoms in total. The van der Waals surface area contributed by atoms with E-state index in [1.165, 1.54) is 0 Å². The molecule has 0 saturated heterocycles. The highest BCUT2D eigenvalue weighted by Gasteiger charge is 2.03. The zero-order valence-corrected chi connectivity index (χ0v) is 6.63. The van der Waals surface area contributed by atoms with E-state index in [1.807, 2.05) is 13.8 Å². The van der Waals surface area contributed by atoms with E-state index >= 15 is 0 Å². The average Bonchev–Trinajstić information content (AvgIpc) is 1.94. The number of hydrogen-bond donors (Lipinski definition) is 1. The number of rotatable bonds is 1. The van der Waals surface area contributed by atoms with Gasteiger partial charge in [-0.15, -0.1) is 0 Å². The van der Waals surface area contributed by atoms with Crippen LogP contribution in [0.2, 0.25) is 0 Å². The van der Waals surface area contributed by atoms with Gasteiger partial charge in [0.1, 0.15) is 0 Å². The van der Waals surface area contributed by atoms with Crippen LogP contribution < -0.4 is 5.73 Å². The summed E-state index contributed by atoms with van der Waals surface area (Å²) in [5, 5.41) is 0. The van der Waals surface area contributed by atoms with Gasteiger partial charge in [-0.1, -0.05) is 13.8 Å². The Balaban J connectivity index is 3.05. The van der Waals surface area contributed by atoms with E-state index in [0.29, 0.717) is 0 Å². The van der Waals surface area contributed by atoms with Crippen LogP contribution in [0.3, 0.4) is 0 Å². The third kappa shape index (κ3) is 1.67. The van der Waals surface area contributed by atoms with Crippen LogP contribution in [0.5, 0.6) is 0 Å². The largest absolute Gasteiger partial charge is 0.396 e. The first kappa shape index (κ1) is 7.98. The van der Waals surface area contributed by atoms with Crippen LogP contribution in [0.1, 0.15) is 25.5 Å². The lowest BCUT2D eigenvalue weighted by Crippen LogP contribution is -1.97. The first-order valence-electron chi connectivity index (χ1n) is 3.52. The maximum Gasteiger partial charge on any atom is 0.164 e. The highest BCUT2D eigenvalue weighted by Crippen LogP contribution is 2.15. The normalized spacial score (nSPS) is 10.5. The average molecular weight is 154 g/mol. The highest BCUT2D eigenvalue weighted by atomic mass is 19.1. The molecule has 1 heterocycles. The summed E-state index contributed by atoms with van der Waals surface area (Å²) in [4.78, 5) is 3.88. The Hall–Kier alpha value is -1.12. The Kier molecular flexibility index (Phi) is 2.08. The van der Waals surface area contributed by atoms with E-state index in [2.05, 4.69) is 4.98 Å². The zero-order chi connectivity index (χ0) is 8.43. The van der Waals surface area contributed by atoms with Crippen molar-refractivity contribution < 1.29 is 4.39 Å². The molecule has 0 saturated carbocycles. The highest BCUT2D eigenvalue weighted by molar-refractivity contribution is 5.39. The molecule has 3 heteroatoms. The second-order valence-corrected chi connectivity index (χ2v) is 2.79. The van der Waals surface area contributed by atoms with Crippen LogP contribution in [0.25, 0.3) is 0 Å². The van der Waals surface area contributed by atoms with Crippen LogP contribution in [0.15, 0.2) is 12.3 Å². The van der Waals surface area contributed by atoms with Gasteiger partial charge in [0.05, 0.1) is 11.9 Å². The van der Waals surface area contributed by atoms with Crippen LogP contribution >= 0.6 is 0 Å². The fraction of sp³-hybridized carbons (Fsp3) is 0.375. The van der Waals surface area contributed by atoms with Gasteiger partial charge < -0.3 is 5.73 Å². The first-order chi connectivity index (χ1) is 5.11. The van der Waals surface area contributed by atoms with E-state index in [4.69, 9.17) is 5.73 Å². The fourth-order valence-corrected chi connectivity index (χ4v) is 0.787. The minimum atomic E-state index is -0.450. The van der Waals surface area contributed by atoms with Gasteiger partial charge in [0.15, 0.2) is 5.82 Å². The molecule has 0 aliphatic rings. The summed E-state index contributed by atoms with van der Waals surface area (Å²) in [6.45, 7) is 3.97. The van der Waals surface area contributed by atoms with E-state index in [1.54, 1.807) is 6.07 Å². The van der Waals surface area contributed by atoms with Gasteiger partial charge in [0.25, 0.3) is 0 Å². The monoisotopic (exact) mass is 154 g/mol. The van der Waals surface area contributed by atoms with E-state index in [-0.39, 0.29) is 11.6 Å². The van der Waals surface area contributed by atoms with Gasteiger partial charge in [-0.2, -0.15) is 0 Å². The Morgan fingerprint density at radius 1 is 1.55 bits per heavy atom. The molecule has 0 atom stereocenters. The van der Waals surface area contributed by atoms with Crippen molar-refractivity contribution in [2.24, 2.45) is 0 Å². The predicted molar refractivity (Wildman–Crippen MR) is 42.7 cm³/mol. The van der Waals surface area contributed by atoms with E-state index in [9.17, 15) is 4.39 Å². The lowest BCUT2D eigenvalue weighted by Gasteiger charge is -2.04. The van der Waals surface area contributed by atoms with Gasteiger partial charge in [-0.3, -0.25) is 4.98 Å². The number of anilines is 1. The molecule has 1 aromatic heterocycles. The quantitative estimate of drug-likeness (QED) is 0.671. The summed E-state index contributed by atoms with van der Waals surface area (Å²) in [6, 6.07) is 1.57. The molecular formula is C8H11FN2. The molecule has 60 valence electrons. The van der Waals surface area contributed by atoms with Crippen LogP contribution in [0, 0.1) is 5.82 Å². The maximum absolute atomic E-state index is 12.6. The molecule has 0 aliphatic carbocycles. The zero-order valence-electron chi connectivity index (χ0n) is 6.63. The number of nitrogens with two attached hydrogens (primary N) is 1. The Bertz CT molecular complexity index is 258. The van der Waals surface area contributed by atoms with Crippen molar-refractivity contribution in [2.45, 2.75) is 19.8 Å². The van der Waals surface area contributed by atoms with Crippen molar-refractivity contribution in [2.75, 3.05) is 5.73 Å². The number of halogens is 1. The van der Waals surface area contributed by atoms with Gasteiger partial charge in [0.2, 0.25) is 0 Å². The SMILES string of the molecule is CC(C)c1cc(N)c(F)cn1. The molecule has 0 radical (unpaired) electrons. The maximum atomic E-state index is 12.6. The number of aromatic nitrogens is 1. The van der Waals surface area contributed by atoms with Gasteiger partial charge in [0, 0.05) is 5.69 Å². The molecular weight excluding hydrogens is 143 g/mol. The fourth-order valence-electron chi connectivity index (χ4n) is 0.787. The second-order valence-electron chi connectivity index (χ2n) is 2.79. The molecule has 0 amide bonds. The lowest BCUT2D eigenvalue weighted by atomic mass is 10.1. The van der Waals surface area contributed by atoms with Crippen molar-refractivity contribution in [3.63, 3.8) is 0 Å². The van der Waals surface area contributed by atoms with Crippen LogP contribution in [-0.4, -0.2) is 4.98 Å². The summed E-state index contributed by atoms with van der Waals surface area (Å²) in [5.41, 5.74) is 6.34. The topological polar surface area (TPSA) is 38.9 Å². The predicted octanol–water partition coefficient (Wildman–Crippen LogP) is 1.93. The van der Waals surface area contributed by atoms with Crippen LogP contribution in [0.4, 0.5) is 10.1 Å².